The van der Waals surface area contributed by atoms with Crippen molar-refractivity contribution in [3.8, 4) is 5.75 Å². The van der Waals surface area contributed by atoms with Gasteiger partial charge in [-0.15, -0.1) is 0 Å². The van der Waals surface area contributed by atoms with Gasteiger partial charge in [-0.1, -0.05) is 56.2 Å². The normalized spacial score (nSPS) is 13.7. The van der Waals surface area contributed by atoms with E-state index in [-0.39, 0.29) is 12.5 Å². The van der Waals surface area contributed by atoms with Crippen LogP contribution in [0.25, 0.3) is 21.5 Å². The number of fused-ring (bicyclic) bond motifs is 2. The third-order valence-electron chi connectivity index (χ3n) is 4.90. The zero-order valence-electron chi connectivity index (χ0n) is 16.9. The number of hydrogen-bond acceptors (Lipinski definition) is 4. The lowest BCUT2D eigenvalue weighted by molar-refractivity contribution is -0.0515. The summed E-state index contributed by atoms with van der Waals surface area (Å²) in [6.45, 7) is 2.17. The van der Waals surface area contributed by atoms with Crippen LogP contribution >= 0.6 is 0 Å². The summed E-state index contributed by atoms with van der Waals surface area (Å²) in [6, 6.07) is 17.8. The lowest BCUT2D eigenvalue weighted by Gasteiger charge is -2.16. The average Bonchev–Trinajstić information content (AvgIpc) is 2.73. The molecule has 3 aromatic rings. The molecule has 3 aromatic carbocycles. The Kier molecular flexibility index (Phi) is 7.10. The zero-order chi connectivity index (χ0) is 22.5. The fourth-order valence-electron chi connectivity index (χ4n) is 3.23. The molecule has 0 bridgehead atoms. The van der Waals surface area contributed by atoms with Crippen molar-refractivity contribution in [1.82, 2.24) is 0 Å². The monoisotopic (exact) mass is 452 g/mol. The van der Waals surface area contributed by atoms with Crippen LogP contribution in [0.4, 0.5) is 13.2 Å². The molecule has 31 heavy (non-hydrogen) atoms. The first-order valence-electron chi connectivity index (χ1n) is 9.92. The Bertz CT molecular complexity index is 1170. The molecular weight excluding hydrogens is 429 g/mol. The second-order valence-corrected chi connectivity index (χ2v) is 8.78. The van der Waals surface area contributed by atoms with Crippen molar-refractivity contribution in [2.45, 2.75) is 31.7 Å². The molecule has 0 radical (unpaired) electrons. The van der Waals surface area contributed by atoms with Gasteiger partial charge >= 0.3 is 15.6 Å². The topological polar surface area (TPSA) is 52.6 Å². The Labute approximate surface area is 179 Å². The number of halogens is 3. The maximum absolute atomic E-state index is 12.4. The molecule has 0 aliphatic carbocycles. The molecule has 0 aliphatic heterocycles. The van der Waals surface area contributed by atoms with E-state index in [0.29, 0.717) is 18.4 Å². The van der Waals surface area contributed by atoms with E-state index in [1.807, 2.05) is 55.5 Å². The molecule has 0 saturated carbocycles. The van der Waals surface area contributed by atoms with Gasteiger partial charge in [0.05, 0.1) is 6.61 Å². The minimum atomic E-state index is -5.66. The molecule has 0 spiro atoms. The van der Waals surface area contributed by atoms with Crippen LogP contribution in [0.5, 0.6) is 5.75 Å². The number of benzene rings is 3. The third kappa shape index (κ3) is 5.70. The van der Waals surface area contributed by atoms with Crippen LogP contribution in [-0.4, -0.2) is 20.5 Å². The van der Waals surface area contributed by atoms with Crippen LogP contribution < -0.4 is 4.74 Å². The van der Waals surface area contributed by atoms with Crippen molar-refractivity contribution in [2.24, 2.45) is 5.92 Å². The van der Waals surface area contributed by atoms with Crippen LogP contribution in [0, 0.1) is 5.92 Å². The number of ether oxygens (including phenoxy) is 1. The first-order valence-corrected chi connectivity index (χ1v) is 11.3. The van der Waals surface area contributed by atoms with Crippen LogP contribution in [0.3, 0.4) is 0 Å². The van der Waals surface area contributed by atoms with E-state index in [0.717, 1.165) is 34.4 Å². The van der Waals surface area contributed by atoms with E-state index in [1.54, 1.807) is 0 Å². The summed E-state index contributed by atoms with van der Waals surface area (Å²) in [5.74, 6) is 0.348. The second kappa shape index (κ2) is 9.60. The van der Waals surface area contributed by atoms with Gasteiger partial charge in [-0.05, 0) is 46.9 Å². The van der Waals surface area contributed by atoms with Crippen molar-refractivity contribution < 1.29 is 30.5 Å². The number of unbranched alkanes of at least 4 members (excludes halogenated alkanes) is 1. The minimum Gasteiger partial charge on any atom is -0.492 e. The Hall–Kier alpha value is -2.74. The molecule has 0 aromatic heterocycles. The molecule has 0 aliphatic rings. The standard InChI is InChI=1S/C23H23F3O4S/c1-2-3-7-17(12-13-30-31(27,28)23(24,25)26)16-29-22-11-6-10-20-14-18-8-4-5-9-19(18)15-21(20)22/h4-6,8-15,17H,2-3,7,16H2,1H3. The molecule has 0 amide bonds. The summed E-state index contributed by atoms with van der Waals surface area (Å²) in [5.41, 5.74) is -5.46. The molecule has 0 N–H and O–H groups in total. The molecular formula is C23H23F3O4S. The van der Waals surface area contributed by atoms with Crippen LogP contribution in [0.2, 0.25) is 0 Å². The lowest BCUT2D eigenvalue weighted by atomic mass is 10.0. The molecule has 3 rings (SSSR count). The third-order valence-corrected chi connectivity index (χ3v) is 5.84. The Morgan fingerprint density at radius 2 is 1.68 bits per heavy atom. The molecule has 1 unspecified atom stereocenters. The predicted molar refractivity (Wildman–Crippen MR) is 115 cm³/mol. The smallest absolute Gasteiger partial charge is 0.492 e. The van der Waals surface area contributed by atoms with E-state index in [1.165, 1.54) is 6.08 Å². The molecule has 0 heterocycles. The average molecular weight is 452 g/mol. The number of alkyl halides is 3. The van der Waals surface area contributed by atoms with Gasteiger partial charge in [0.1, 0.15) is 12.0 Å². The summed E-state index contributed by atoms with van der Waals surface area (Å²) < 4.78 is 69.3. The second-order valence-electron chi connectivity index (χ2n) is 7.21. The fourth-order valence-corrected chi connectivity index (χ4v) is 3.55. The minimum absolute atomic E-state index is 0.178. The molecule has 1 atom stereocenters. The molecule has 0 fully saturated rings. The van der Waals surface area contributed by atoms with Gasteiger partial charge in [0.25, 0.3) is 0 Å². The maximum atomic E-state index is 12.4. The zero-order valence-corrected chi connectivity index (χ0v) is 17.7. The number of rotatable bonds is 9. The van der Waals surface area contributed by atoms with Gasteiger partial charge in [-0.25, -0.2) is 0 Å². The van der Waals surface area contributed by atoms with E-state index < -0.39 is 15.6 Å². The first kappa shape index (κ1) is 22.9. The van der Waals surface area contributed by atoms with Crippen molar-refractivity contribution in [3.05, 3.63) is 66.9 Å². The van der Waals surface area contributed by atoms with Gasteiger partial charge < -0.3 is 8.92 Å². The fraction of sp³-hybridized carbons (Fsp3) is 0.304. The van der Waals surface area contributed by atoms with Gasteiger partial charge in [-0.3, -0.25) is 0 Å². The summed E-state index contributed by atoms with van der Waals surface area (Å²) in [5, 5.41) is 4.12. The maximum Gasteiger partial charge on any atom is 0.534 e. The Morgan fingerprint density at radius 3 is 2.35 bits per heavy atom. The summed E-state index contributed by atoms with van der Waals surface area (Å²) in [7, 11) is -5.66. The van der Waals surface area contributed by atoms with E-state index in [2.05, 4.69) is 10.2 Å². The largest absolute Gasteiger partial charge is 0.534 e. The van der Waals surface area contributed by atoms with Crippen molar-refractivity contribution in [2.75, 3.05) is 6.61 Å². The highest BCUT2D eigenvalue weighted by Gasteiger charge is 2.47. The van der Waals surface area contributed by atoms with Crippen LogP contribution in [0.1, 0.15) is 26.2 Å². The summed E-state index contributed by atoms with van der Waals surface area (Å²) >= 11 is 0. The molecule has 4 nitrogen and oxygen atoms in total. The van der Waals surface area contributed by atoms with Gasteiger partial charge in [0.2, 0.25) is 0 Å². The molecule has 8 heteroatoms. The molecule has 166 valence electrons. The van der Waals surface area contributed by atoms with Gasteiger partial charge in [-0.2, -0.15) is 21.6 Å². The first-order chi connectivity index (χ1) is 14.7. The van der Waals surface area contributed by atoms with Crippen molar-refractivity contribution >= 4 is 31.7 Å². The Morgan fingerprint density at radius 1 is 1.00 bits per heavy atom. The summed E-state index contributed by atoms with van der Waals surface area (Å²) in [6.07, 6.45) is 4.20. The van der Waals surface area contributed by atoms with Crippen molar-refractivity contribution in [3.63, 3.8) is 0 Å². The quantitative estimate of drug-likeness (QED) is 0.160. The lowest BCUT2D eigenvalue weighted by Crippen LogP contribution is -2.23. The number of hydrogen-bond donors (Lipinski definition) is 0. The Balaban J connectivity index is 1.77. The SMILES string of the molecule is CCCCC(C=COS(=O)(=O)C(F)(F)F)COc1cccc2cc3ccccc3cc12. The summed E-state index contributed by atoms with van der Waals surface area (Å²) in [4.78, 5) is 0. The highest BCUT2D eigenvalue weighted by Crippen LogP contribution is 2.31. The molecule has 0 saturated heterocycles. The van der Waals surface area contributed by atoms with E-state index in [4.69, 9.17) is 4.74 Å². The van der Waals surface area contributed by atoms with Crippen LogP contribution in [0.15, 0.2) is 66.9 Å². The van der Waals surface area contributed by atoms with Gasteiger partial charge in [0, 0.05) is 11.3 Å². The van der Waals surface area contributed by atoms with Crippen LogP contribution in [-0.2, 0) is 14.3 Å². The highest BCUT2D eigenvalue weighted by atomic mass is 32.2. The van der Waals surface area contributed by atoms with E-state index in [9.17, 15) is 21.6 Å². The highest BCUT2D eigenvalue weighted by molar-refractivity contribution is 7.87. The predicted octanol–water partition coefficient (Wildman–Crippen LogP) is 6.56. The van der Waals surface area contributed by atoms with E-state index >= 15 is 0 Å². The van der Waals surface area contributed by atoms with Gasteiger partial charge in [0.15, 0.2) is 0 Å². The van der Waals surface area contributed by atoms with Crippen molar-refractivity contribution in [1.29, 1.82) is 0 Å².